The molecule has 1 aromatic heterocycles. The number of aliphatic carboxylic acids is 2. The van der Waals surface area contributed by atoms with E-state index in [4.69, 9.17) is 29.0 Å². The first-order valence-electron chi connectivity index (χ1n) is 8.54. The smallest absolute Gasteiger partial charge is 0.414 e. The molecule has 0 bridgehead atoms. The fraction of sp³-hybridized carbons (Fsp3) is 0.368. The standard InChI is InChI=1S/C17H22N2O2.C2H2O4/c1-20-17-7-3-2-5-15(17)13-18-8-10-19(11-9-18)14-16-6-4-12-21-16;3-1(4)2(5)6/h2-7,12H,8-11,13-14H2,1H3;(H,3,4)(H,5,6). The van der Waals surface area contributed by atoms with Crippen LogP contribution in [0.2, 0.25) is 0 Å². The number of ether oxygens (including phenoxy) is 1. The van der Waals surface area contributed by atoms with Gasteiger partial charge in [-0.1, -0.05) is 18.2 Å². The normalized spacial score (nSPS) is 14.9. The molecule has 0 radical (unpaired) electrons. The summed E-state index contributed by atoms with van der Waals surface area (Å²) >= 11 is 0. The number of methoxy groups -OCH3 is 1. The Labute approximate surface area is 157 Å². The zero-order valence-electron chi connectivity index (χ0n) is 15.2. The molecule has 0 unspecified atom stereocenters. The van der Waals surface area contributed by atoms with Crippen LogP contribution in [-0.2, 0) is 22.7 Å². The number of carboxylic acids is 2. The van der Waals surface area contributed by atoms with Gasteiger partial charge < -0.3 is 19.4 Å². The Balaban J connectivity index is 0.000000380. The lowest BCUT2D eigenvalue weighted by molar-refractivity contribution is -0.159. The van der Waals surface area contributed by atoms with E-state index in [1.54, 1.807) is 13.4 Å². The van der Waals surface area contributed by atoms with E-state index in [0.717, 1.165) is 50.8 Å². The van der Waals surface area contributed by atoms with Crippen LogP contribution in [0.25, 0.3) is 0 Å². The van der Waals surface area contributed by atoms with Gasteiger partial charge in [-0.05, 0) is 18.2 Å². The minimum absolute atomic E-state index is 0.912. The van der Waals surface area contributed by atoms with Crippen LogP contribution in [-0.4, -0.2) is 65.2 Å². The molecule has 0 spiro atoms. The van der Waals surface area contributed by atoms with Crippen molar-refractivity contribution in [1.29, 1.82) is 0 Å². The van der Waals surface area contributed by atoms with Crippen LogP contribution >= 0.6 is 0 Å². The molecule has 2 aromatic rings. The molecular formula is C19H24N2O6. The fourth-order valence-corrected chi connectivity index (χ4v) is 2.80. The van der Waals surface area contributed by atoms with E-state index in [1.165, 1.54) is 5.56 Å². The molecule has 27 heavy (non-hydrogen) atoms. The maximum atomic E-state index is 9.10. The summed E-state index contributed by atoms with van der Waals surface area (Å²) in [6.45, 7) is 6.19. The van der Waals surface area contributed by atoms with Gasteiger partial charge in [-0.25, -0.2) is 9.59 Å². The largest absolute Gasteiger partial charge is 0.496 e. The molecule has 0 saturated carbocycles. The van der Waals surface area contributed by atoms with Crippen molar-refractivity contribution in [2.24, 2.45) is 0 Å². The fourth-order valence-electron chi connectivity index (χ4n) is 2.80. The van der Waals surface area contributed by atoms with E-state index in [9.17, 15) is 0 Å². The zero-order chi connectivity index (χ0) is 19.6. The van der Waals surface area contributed by atoms with E-state index in [1.807, 2.05) is 24.3 Å². The minimum atomic E-state index is -1.82. The predicted octanol–water partition coefficient (Wildman–Crippen LogP) is 1.76. The Hall–Kier alpha value is -2.84. The molecule has 0 atom stereocenters. The number of benzene rings is 1. The molecule has 0 aliphatic carbocycles. The second kappa shape index (κ2) is 10.3. The monoisotopic (exact) mass is 376 g/mol. The molecule has 2 N–H and O–H groups in total. The van der Waals surface area contributed by atoms with E-state index in [0.29, 0.717) is 0 Å². The molecule has 1 saturated heterocycles. The highest BCUT2D eigenvalue weighted by molar-refractivity contribution is 6.27. The summed E-state index contributed by atoms with van der Waals surface area (Å²) in [7, 11) is 1.74. The molecule has 146 valence electrons. The predicted molar refractivity (Wildman–Crippen MR) is 97.5 cm³/mol. The first-order chi connectivity index (χ1) is 13.0. The first kappa shape index (κ1) is 20.5. The van der Waals surface area contributed by atoms with Crippen molar-refractivity contribution in [3.8, 4) is 5.75 Å². The molecule has 1 aliphatic heterocycles. The Morgan fingerprint density at radius 1 is 0.963 bits per heavy atom. The quantitative estimate of drug-likeness (QED) is 0.761. The van der Waals surface area contributed by atoms with E-state index >= 15 is 0 Å². The zero-order valence-corrected chi connectivity index (χ0v) is 15.2. The van der Waals surface area contributed by atoms with E-state index in [2.05, 4.69) is 21.9 Å². The van der Waals surface area contributed by atoms with Gasteiger partial charge in [-0.3, -0.25) is 9.80 Å². The van der Waals surface area contributed by atoms with Crippen LogP contribution in [0, 0.1) is 0 Å². The first-order valence-corrected chi connectivity index (χ1v) is 8.54. The van der Waals surface area contributed by atoms with Crippen molar-refractivity contribution in [3.05, 3.63) is 54.0 Å². The second-order valence-corrected chi connectivity index (χ2v) is 6.05. The average molecular weight is 376 g/mol. The van der Waals surface area contributed by atoms with Crippen LogP contribution in [0.4, 0.5) is 0 Å². The van der Waals surface area contributed by atoms with Crippen molar-refractivity contribution in [2.45, 2.75) is 13.1 Å². The summed E-state index contributed by atoms with van der Waals surface area (Å²) in [5.74, 6) is -1.62. The number of furan rings is 1. The number of hydrogen-bond donors (Lipinski definition) is 2. The van der Waals surface area contributed by atoms with E-state index < -0.39 is 11.9 Å². The molecule has 3 rings (SSSR count). The highest BCUT2D eigenvalue weighted by Crippen LogP contribution is 2.20. The van der Waals surface area contributed by atoms with Crippen LogP contribution < -0.4 is 4.74 Å². The van der Waals surface area contributed by atoms with Gasteiger partial charge in [0.05, 0.1) is 19.9 Å². The summed E-state index contributed by atoms with van der Waals surface area (Å²) in [5.41, 5.74) is 1.26. The summed E-state index contributed by atoms with van der Waals surface area (Å²) < 4.78 is 10.8. The van der Waals surface area contributed by atoms with Crippen LogP contribution in [0.1, 0.15) is 11.3 Å². The number of hydrogen-bond acceptors (Lipinski definition) is 6. The Bertz CT molecular complexity index is 712. The van der Waals surface area contributed by atoms with Crippen molar-refractivity contribution < 1.29 is 29.0 Å². The third-order valence-corrected chi connectivity index (χ3v) is 4.19. The number of nitrogens with zero attached hydrogens (tertiary/aromatic N) is 2. The van der Waals surface area contributed by atoms with Gasteiger partial charge in [-0.2, -0.15) is 0 Å². The minimum Gasteiger partial charge on any atom is -0.496 e. The SMILES string of the molecule is COc1ccccc1CN1CCN(Cc2ccco2)CC1.O=C(O)C(=O)O. The van der Waals surface area contributed by atoms with Gasteiger partial charge in [0.1, 0.15) is 11.5 Å². The summed E-state index contributed by atoms with van der Waals surface area (Å²) in [6.07, 6.45) is 1.74. The van der Waals surface area contributed by atoms with Crippen LogP contribution in [0.3, 0.4) is 0 Å². The van der Waals surface area contributed by atoms with Gasteiger partial charge in [-0.15, -0.1) is 0 Å². The lowest BCUT2D eigenvalue weighted by Gasteiger charge is -2.34. The highest BCUT2D eigenvalue weighted by atomic mass is 16.5. The van der Waals surface area contributed by atoms with Gasteiger partial charge in [0, 0.05) is 38.3 Å². The average Bonchev–Trinajstić information content (AvgIpc) is 3.17. The molecule has 8 heteroatoms. The number of carbonyl (C=O) groups is 2. The second-order valence-electron chi connectivity index (χ2n) is 6.05. The number of rotatable bonds is 5. The van der Waals surface area contributed by atoms with E-state index in [-0.39, 0.29) is 0 Å². The molecule has 1 aromatic carbocycles. The molecule has 2 heterocycles. The third kappa shape index (κ3) is 6.76. The van der Waals surface area contributed by atoms with Crippen molar-refractivity contribution in [1.82, 2.24) is 9.80 Å². The molecular weight excluding hydrogens is 352 g/mol. The topological polar surface area (TPSA) is 103 Å². The molecule has 0 amide bonds. The lowest BCUT2D eigenvalue weighted by atomic mass is 10.1. The Kier molecular flexibility index (Phi) is 7.84. The number of para-hydroxylation sites is 1. The van der Waals surface area contributed by atoms with Crippen molar-refractivity contribution in [3.63, 3.8) is 0 Å². The molecule has 8 nitrogen and oxygen atoms in total. The molecule has 1 aliphatic rings. The van der Waals surface area contributed by atoms with Crippen LogP contribution in [0.5, 0.6) is 5.75 Å². The highest BCUT2D eigenvalue weighted by Gasteiger charge is 2.18. The Morgan fingerprint density at radius 2 is 1.56 bits per heavy atom. The number of piperazine rings is 1. The third-order valence-electron chi connectivity index (χ3n) is 4.19. The maximum absolute atomic E-state index is 9.10. The van der Waals surface area contributed by atoms with Crippen molar-refractivity contribution in [2.75, 3.05) is 33.3 Å². The van der Waals surface area contributed by atoms with Gasteiger partial charge in [0.25, 0.3) is 0 Å². The van der Waals surface area contributed by atoms with Gasteiger partial charge >= 0.3 is 11.9 Å². The van der Waals surface area contributed by atoms with Crippen LogP contribution in [0.15, 0.2) is 47.1 Å². The summed E-state index contributed by atoms with van der Waals surface area (Å²) in [4.78, 5) is 23.1. The van der Waals surface area contributed by atoms with Gasteiger partial charge in [0.15, 0.2) is 0 Å². The summed E-state index contributed by atoms with van der Waals surface area (Å²) in [6, 6.07) is 12.3. The van der Waals surface area contributed by atoms with Gasteiger partial charge in [0.2, 0.25) is 0 Å². The molecule has 1 fully saturated rings. The lowest BCUT2D eigenvalue weighted by Crippen LogP contribution is -2.45. The maximum Gasteiger partial charge on any atom is 0.414 e. The number of carboxylic acid groups (broad SMARTS) is 2. The summed E-state index contributed by atoms with van der Waals surface area (Å²) in [5, 5.41) is 14.8. The van der Waals surface area contributed by atoms with Crippen molar-refractivity contribution >= 4 is 11.9 Å². The Morgan fingerprint density at radius 3 is 2.07 bits per heavy atom.